The van der Waals surface area contributed by atoms with Gasteiger partial charge < -0.3 is 4.74 Å². The monoisotopic (exact) mass is 327 g/mol. The summed E-state index contributed by atoms with van der Waals surface area (Å²) in [5, 5.41) is 10.6. The molecule has 2 rings (SSSR count). The number of nitro groups is 1. The Bertz CT molecular complexity index is 682. The van der Waals surface area contributed by atoms with Gasteiger partial charge in [-0.2, -0.15) is 0 Å². The summed E-state index contributed by atoms with van der Waals surface area (Å²) in [6, 6.07) is 15.7. The van der Waals surface area contributed by atoms with Crippen molar-refractivity contribution in [3.63, 3.8) is 0 Å². The van der Waals surface area contributed by atoms with Gasteiger partial charge in [-0.3, -0.25) is 10.1 Å². The Morgan fingerprint density at radius 2 is 1.71 bits per heavy atom. The van der Waals surface area contributed by atoms with E-state index in [-0.39, 0.29) is 11.6 Å². The number of ether oxygens (including phenoxy) is 1. The molecule has 24 heavy (non-hydrogen) atoms. The van der Waals surface area contributed by atoms with Gasteiger partial charge in [0.15, 0.2) is 0 Å². The largest absolute Gasteiger partial charge is 0.462 e. The standard InChI is InChI=1S/C19H21NO4/c1-14(12-15(2)16-6-4-3-5-7-16)13-24-19(21)17-8-10-18(11-9-17)20(22)23/h3-11,14-15H,12-13H2,1-2H3/t14-,15-/m0/s1. The molecule has 5 nitrogen and oxygen atoms in total. The Morgan fingerprint density at radius 1 is 1.08 bits per heavy atom. The lowest BCUT2D eigenvalue weighted by molar-refractivity contribution is -0.384. The molecule has 0 heterocycles. The van der Waals surface area contributed by atoms with E-state index in [0.717, 1.165) is 6.42 Å². The maximum atomic E-state index is 12.0. The summed E-state index contributed by atoms with van der Waals surface area (Å²) >= 11 is 0. The van der Waals surface area contributed by atoms with Crippen LogP contribution in [0.25, 0.3) is 0 Å². The van der Waals surface area contributed by atoms with Crippen LogP contribution in [0.15, 0.2) is 54.6 Å². The van der Waals surface area contributed by atoms with Gasteiger partial charge in [0.1, 0.15) is 0 Å². The van der Waals surface area contributed by atoms with Crippen LogP contribution in [-0.4, -0.2) is 17.5 Å². The molecule has 2 atom stereocenters. The molecule has 2 aromatic carbocycles. The topological polar surface area (TPSA) is 69.4 Å². The number of hydrogen-bond acceptors (Lipinski definition) is 4. The predicted molar refractivity (Wildman–Crippen MR) is 92.0 cm³/mol. The van der Waals surface area contributed by atoms with Gasteiger partial charge in [-0.25, -0.2) is 4.79 Å². The summed E-state index contributed by atoms with van der Waals surface area (Å²) < 4.78 is 5.32. The van der Waals surface area contributed by atoms with Crippen molar-refractivity contribution >= 4 is 11.7 Å². The fraction of sp³-hybridized carbons (Fsp3) is 0.316. The highest BCUT2D eigenvalue weighted by molar-refractivity contribution is 5.89. The quantitative estimate of drug-likeness (QED) is 0.424. The van der Waals surface area contributed by atoms with Gasteiger partial charge in [0, 0.05) is 12.1 Å². The lowest BCUT2D eigenvalue weighted by Gasteiger charge is -2.17. The van der Waals surface area contributed by atoms with E-state index in [4.69, 9.17) is 4.74 Å². The lowest BCUT2D eigenvalue weighted by atomic mass is 9.91. The second-order valence-electron chi connectivity index (χ2n) is 6.06. The highest BCUT2D eigenvalue weighted by atomic mass is 16.6. The number of carbonyl (C=O) groups is 1. The van der Waals surface area contributed by atoms with Gasteiger partial charge in [0.05, 0.1) is 17.1 Å². The number of benzene rings is 2. The third-order valence-electron chi connectivity index (χ3n) is 3.94. The van der Waals surface area contributed by atoms with Crippen LogP contribution in [0.4, 0.5) is 5.69 Å². The Kier molecular flexibility index (Phi) is 6.07. The minimum atomic E-state index is -0.498. The Hall–Kier alpha value is -2.69. The summed E-state index contributed by atoms with van der Waals surface area (Å²) in [4.78, 5) is 22.1. The minimum absolute atomic E-state index is 0.0448. The summed E-state index contributed by atoms with van der Waals surface area (Å²) in [5.74, 6) is 0.158. The van der Waals surface area contributed by atoms with Crippen molar-refractivity contribution in [3.8, 4) is 0 Å². The van der Waals surface area contributed by atoms with E-state index in [2.05, 4.69) is 19.1 Å². The number of nitrogens with zero attached hydrogens (tertiary/aromatic N) is 1. The van der Waals surface area contributed by atoms with Crippen LogP contribution >= 0.6 is 0 Å². The average molecular weight is 327 g/mol. The zero-order valence-corrected chi connectivity index (χ0v) is 13.8. The van der Waals surface area contributed by atoms with Crippen molar-refractivity contribution in [1.29, 1.82) is 0 Å². The Morgan fingerprint density at radius 3 is 2.29 bits per heavy atom. The first-order valence-electron chi connectivity index (χ1n) is 7.94. The van der Waals surface area contributed by atoms with Crippen LogP contribution in [0.2, 0.25) is 0 Å². The molecule has 0 bridgehead atoms. The summed E-state index contributed by atoms with van der Waals surface area (Å²) in [7, 11) is 0. The van der Waals surface area contributed by atoms with E-state index in [9.17, 15) is 14.9 Å². The number of hydrogen-bond donors (Lipinski definition) is 0. The fourth-order valence-electron chi connectivity index (χ4n) is 2.61. The molecule has 0 unspecified atom stereocenters. The van der Waals surface area contributed by atoms with E-state index in [0.29, 0.717) is 18.1 Å². The second-order valence-corrected chi connectivity index (χ2v) is 6.06. The van der Waals surface area contributed by atoms with E-state index in [1.54, 1.807) is 0 Å². The van der Waals surface area contributed by atoms with E-state index >= 15 is 0 Å². The van der Waals surface area contributed by atoms with Crippen LogP contribution in [0.3, 0.4) is 0 Å². The molecule has 0 amide bonds. The minimum Gasteiger partial charge on any atom is -0.462 e. The molecule has 0 aliphatic carbocycles. The molecule has 126 valence electrons. The third-order valence-corrected chi connectivity index (χ3v) is 3.94. The Labute approximate surface area is 141 Å². The molecule has 0 saturated heterocycles. The third kappa shape index (κ3) is 4.91. The second kappa shape index (κ2) is 8.24. The normalized spacial score (nSPS) is 13.1. The zero-order valence-electron chi connectivity index (χ0n) is 13.8. The maximum absolute atomic E-state index is 12.0. The molecule has 0 radical (unpaired) electrons. The molecule has 2 aromatic rings. The van der Waals surface area contributed by atoms with E-state index in [1.165, 1.54) is 29.8 Å². The molecule has 0 spiro atoms. The fourth-order valence-corrected chi connectivity index (χ4v) is 2.61. The number of non-ortho nitro benzene ring substituents is 1. The number of esters is 1. The maximum Gasteiger partial charge on any atom is 0.338 e. The van der Waals surface area contributed by atoms with Crippen molar-refractivity contribution in [2.24, 2.45) is 5.92 Å². The molecular weight excluding hydrogens is 306 g/mol. The van der Waals surface area contributed by atoms with Crippen LogP contribution < -0.4 is 0 Å². The zero-order chi connectivity index (χ0) is 17.5. The van der Waals surface area contributed by atoms with Crippen LogP contribution in [-0.2, 0) is 4.74 Å². The number of nitro benzene ring substituents is 1. The van der Waals surface area contributed by atoms with Gasteiger partial charge in [-0.15, -0.1) is 0 Å². The summed E-state index contributed by atoms with van der Waals surface area (Å²) in [5.41, 5.74) is 1.55. The van der Waals surface area contributed by atoms with Crippen LogP contribution in [0.1, 0.15) is 42.1 Å². The van der Waals surface area contributed by atoms with Gasteiger partial charge in [-0.1, -0.05) is 44.2 Å². The van der Waals surface area contributed by atoms with Gasteiger partial charge in [0.2, 0.25) is 0 Å². The van der Waals surface area contributed by atoms with Gasteiger partial charge >= 0.3 is 5.97 Å². The molecular formula is C19H21NO4. The Balaban J connectivity index is 1.83. The van der Waals surface area contributed by atoms with E-state index in [1.807, 2.05) is 25.1 Å². The molecule has 0 N–H and O–H groups in total. The first-order valence-corrected chi connectivity index (χ1v) is 7.94. The molecule has 0 aromatic heterocycles. The highest BCUT2D eigenvalue weighted by Gasteiger charge is 2.15. The molecule has 0 fully saturated rings. The molecule has 0 aliphatic heterocycles. The van der Waals surface area contributed by atoms with Crippen molar-refractivity contribution in [1.82, 2.24) is 0 Å². The predicted octanol–water partition coefficient (Wildman–Crippen LogP) is 4.58. The number of carbonyl (C=O) groups excluding carboxylic acids is 1. The molecule has 0 aliphatic rings. The van der Waals surface area contributed by atoms with Gasteiger partial charge in [-0.05, 0) is 36.0 Å². The van der Waals surface area contributed by atoms with Crippen molar-refractivity contribution < 1.29 is 14.5 Å². The molecule has 5 heteroatoms. The first-order chi connectivity index (χ1) is 11.5. The first kappa shape index (κ1) is 17.7. The highest BCUT2D eigenvalue weighted by Crippen LogP contribution is 2.23. The number of rotatable bonds is 7. The van der Waals surface area contributed by atoms with Crippen LogP contribution in [0.5, 0.6) is 0 Å². The smallest absolute Gasteiger partial charge is 0.338 e. The van der Waals surface area contributed by atoms with Crippen molar-refractivity contribution in [2.75, 3.05) is 6.61 Å². The van der Waals surface area contributed by atoms with Crippen LogP contribution in [0, 0.1) is 16.0 Å². The molecule has 0 saturated carbocycles. The average Bonchev–Trinajstić information content (AvgIpc) is 2.60. The summed E-state index contributed by atoms with van der Waals surface area (Å²) in [6.45, 7) is 4.53. The summed E-state index contributed by atoms with van der Waals surface area (Å²) in [6.07, 6.45) is 0.914. The van der Waals surface area contributed by atoms with Gasteiger partial charge in [0.25, 0.3) is 5.69 Å². The van der Waals surface area contributed by atoms with E-state index < -0.39 is 10.9 Å². The lowest BCUT2D eigenvalue weighted by Crippen LogP contribution is -2.14. The van der Waals surface area contributed by atoms with Crippen molar-refractivity contribution in [3.05, 3.63) is 75.8 Å². The van der Waals surface area contributed by atoms with Crippen molar-refractivity contribution in [2.45, 2.75) is 26.2 Å². The SMILES string of the molecule is C[C@H](COC(=O)c1ccc([N+](=O)[O-])cc1)C[C@H](C)c1ccccc1.